The van der Waals surface area contributed by atoms with Crippen LogP contribution in [0.5, 0.6) is 5.75 Å². The number of methoxy groups -OCH3 is 1. The van der Waals surface area contributed by atoms with Crippen molar-refractivity contribution in [3.63, 3.8) is 0 Å². The molecule has 114 valence electrons. The fourth-order valence-corrected chi connectivity index (χ4v) is 2.26. The minimum Gasteiger partial charge on any atom is -0.495 e. The summed E-state index contributed by atoms with van der Waals surface area (Å²) in [6.45, 7) is 0. The second kappa shape index (κ2) is 6.23. The lowest BCUT2D eigenvalue weighted by atomic mass is 10.2. The van der Waals surface area contributed by atoms with Crippen molar-refractivity contribution in [2.24, 2.45) is 0 Å². The van der Waals surface area contributed by atoms with Gasteiger partial charge in [0.1, 0.15) is 11.6 Å². The van der Waals surface area contributed by atoms with Gasteiger partial charge in [0, 0.05) is 17.3 Å². The molecule has 0 spiro atoms. The van der Waals surface area contributed by atoms with Gasteiger partial charge in [-0.25, -0.2) is 4.98 Å². The molecule has 0 saturated heterocycles. The van der Waals surface area contributed by atoms with Crippen LogP contribution in [0, 0.1) is 0 Å². The number of hydrogen-bond donors (Lipinski definition) is 2. The Labute approximate surface area is 133 Å². The van der Waals surface area contributed by atoms with Gasteiger partial charge in [-0.2, -0.15) is 0 Å². The molecule has 1 saturated carbocycles. The first-order valence-electron chi connectivity index (χ1n) is 7.04. The van der Waals surface area contributed by atoms with Gasteiger partial charge < -0.3 is 15.4 Å². The Morgan fingerprint density at radius 1 is 1.36 bits per heavy atom. The molecular weight excluding hydrogens is 302 g/mol. The van der Waals surface area contributed by atoms with Gasteiger partial charge in [0.05, 0.1) is 18.4 Å². The molecule has 1 heterocycles. The first-order chi connectivity index (χ1) is 10.7. The lowest BCUT2D eigenvalue weighted by Crippen LogP contribution is -2.16. The van der Waals surface area contributed by atoms with Crippen LogP contribution in [0.15, 0.2) is 36.5 Å². The van der Waals surface area contributed by atoms with E-state index < -0.39 is 0 Å². The van der Waals surface area contributed by atoms with Gasteiger partial charge in [-0.15, -0.1) is 0 Å². The molecule has 1 fully saturated rings. The van der Waals surface area contributed by atoms with E-state index in [-0.39, 0.29) is 5.91 Å². The number of nitrogens with one attached hydrogen (secondary N) is 2. The molecule has 0 unspecified atom stereocenters. The fourth-order valence-electron chi connectivity index (χ4n) is 2.09. The summed E-state index contributed by atoms with van der Waals surface area (Å²) in [7, 11) is 1.54. The number of pyridine rings is 1. The molecule has 1 aliphatic carbocycles. The summed E-state index contributed by atoms with van der Waals surface area (Å²) >= 11 is 5.98. The number of anilines is 2. The van der Waals surface area contributed by atoms with E-state index in [4.69, 9.17) is 16.3 Å². The number of carbonyl (C=O) groups is 1. The number of amides is 1. The monoisotopic (exact) mass is 317 g/mol. The van der Waals surface area contributed by atoms with E-state index in [2.05, 4.69) is 15.6 Å². The SMILES string of the molecule is COc1ccc(Cl)cc1NC(=O)c1cccnc1NC1CC1. The zero-order chi connectivity index (χ0) is 15.5. The first kappa shape index (κ1) is 14.7. The minimum absolute atomic E-state index is 0.253. The van der Waals surface area contributed by atoms with E-state index in [9.17, 15) is 4.79 Å². The third-order valence-electron chi connectivity index (χ3n) is 3.38. The normalized spacial score (nSPS) is 13.5. The standard InChI is InChI=1S/C16H16ClN3O2/c1-22-14-7-4-10(17)9-13(14)20-16(21)12-3-2-8-18-15(12)19-11-5-6-11/h2-4,7-9,11H,5-6H2,1H3,(H,18,19)(H,20,21). The highest BCUT2D eigenvalue weighted by Gasteiger charge is 2.24. The van der Waals surface area contributed by atoms with Crippen molar-refractivity contribution < 1.29 is 9.53 Å². The molecule has 0 bridgehead atoms. The molecule has 2 N–H and O–H groups in total. The van der Waals surface area contributed by atoms with Gasteiger partial charge >= 0.3 is 0 Å². The molecule has 1 aromatic carbocycles. The van der Waals surface area contributed by atoms with Gasteiger partial charge in [-0.05, 0) is 43.2 Å². The number of halogens is 1. The van der Waals surface area contributed by atoms with Crippen LogP contribution < -0.4 is 15.4 Å². The molecule has 6 heteroatoms. The summed E-state index contributed by atoms with van der Waals surface area (Å²) in [4.78, 5) is 16.8. The van der Waals surface area contributed by atoms with Crippen molar-refractivity contribution in [2.45, 2.75) is 18.9 Å². The van der Waals surface area contributed by atoms with Crippen molar-refractivity contribution in [2.75, 3.05) is 17.7 Å². The van der Waals surface area contributed by atoms with Crippen LogP contribution in [0.25, 0.3) is 0 Å². The first-order valence-corrected chi connectivity index (χ1v) is 7.41. The molecule has 1 amide bonds. The number of benzene rings is 1. The highest BCUT2D eigenvalue weighted by Crippen LogP contribution is 2.29. The number of rotatable bonds is 5. The second-order valence-electron chi connectivity index (χ2n) is 5.12. The maximum Gasteiger partial charge on any atom is 0.259 e. The maximum atomic E-state index is 12.5. The average Bonchev–Trinajstić information content (AvgIpc) is 3.32. The van der Waals surface area contributed by atoms with Crippen LogP contribution in [-0.2, 0) is 0 Å². The molecule has 1 aromatic heterocycles. The highest BCUT2D eigenvalue weighted by molar-refractivity contribution is 6.31. The Morgan fingerprint density at radius 3 is 2.91 bits per heavy atom. The zero-order valence-electron chi connectivity index (χ0n) is 12.1. The molecular formula is C16H16ClN3O2. The Morgan fingerprint density at radius 2 is 2.18 bits per heavy atom. The van der Waals surface area contributed by atoms with Crippen LogP contribution in [0.2, 0.25) is 5.02 Å². The summed E-state index contributed by atoms with van der Waals surface area (Å²) in [6, 6.07) is 8.97. The van der Waals surface area contributed by atoms with E-state index in [1.165, 1.54) is 0 Å². The van der Waals surface area contributed by atoms with Crippen molar-refractivity contribution in [3.8, 4) is 5.75 Å². The number of nitrogens with zero attached hydrogens (tertiary/aromatic N) is 1. The fraction of sp³-hybridized carbons (Fsp3) is 0.250. The van der Waals surface area contributed by atoms with E-state index in [0.29, 0.717) is 33.9 Å². The zero-order valence-corrected chi connectivity index (χ0v) is 12.9. The molecule has 3 rings (SSSR count). The lowest BCUT2D eigenvalue weighted by Gasteiger charge is -2.13. The van der Waals surface area contributed by atoms with Crippen molar-refractivity contribution in [1.82, 2.24) is 4.98 Å². The Bertz CT molecular complexity index is 702. The van der Waals surface area contributed by atoms with Crippen LogP contribution in [-0.4, -0.2) is 24.0 Å². The molecule has 5 nitrogen and oxygen atoms in total. The summed E-state index contributed by atoms with van der Waals surface area (Å²) in [6.07, 6.45) is 3.89. The molecule has 0 atom stereocenters. The topological polar surface area (TPSA) is 63.2 Å². The van der Waals surface area contributed by atoms with Crippen molar-refractivity contribution >= 4 is 29.0 Å². The van der Waals surface area contributed by atoms with E-state index in [1.54, 1.807) is 43.6 Å². The Balaban J connectivity index is 1.84. The third-order valence-corrected chi connectivity index (χ3v) is 3.62. The maximum absolute atomic E-state index is 12.5. The van der Waals surface area contributed by atoms with Crippen LogP contribution >= 0.6 is 11.6 Å². The molecule has 0 radical (unpaired) electrons. The average molecular weight is 318 g/mol. The summed E-state index contributed by atoms with van der Waals surface area (Å²) in [5.74, 6) is 0.902. The number of aromatic nitrogens is 1. The smallest absolute Gasteiger partial charge is 0.259 e. The van der Waals surface area contributed by atoms with E-state index in [1.807, 2.05) is 0 Å². The number of carbonyl (C=O) groups excluding carboxylic acids is 1. The van der Waals surface area contributed by atoms with Gasteiger partial charge in [0.25, 0.3) is 5.91 Å². The molecule has 0 aliphatic heterocycles. The van der Waals surface area contributed by atoms with Gasteiger partial charge in [0.15, 0.2) is 0 Å². The van der Waals surface area contributed by atoms with Gasteiger partial charge in [-0.3, -0.25) is 4.79 Å². The quantitative estimate of drug-likeness (QED) is 0.885. The van der Waals surface area contributed by atoms with Gasteiger partial charge in [-0.1, -0.05) is 11.6 Å². The number of hydrogen-bond acceptors (Lipinski definition) is 4. The summed E-state index contributed by atoms with van der Waals surface area (Å²) in [5.41, 5.74) is 1.03. The second-order valence-corrected chi connectivity index (χ2v) is 5.55. The highest BCUT2D eigenvalue weighted by atomic mass is 35.5. The Kier molecular flexibility index (Phi) is 4.15. The molecule has 22 heavy (non-hydrogen) atoms. The number of ether oxygens (including phenoxy) is 1. The van der Waals surface area contributed by atoms with Crippen LogP contribution in [0.3, 0.4) is 0 Å². The predicted molar refractivity (Wildman–Crippen MR) is 86.8 cm³/mol. The third kappa shape index (κ3) is 3.31. The largest absolute Gasteiger partial charge is 0.495 e. The van der Waals surface area contributed by atoms with E-state index in [0.717, 1.165) is 12.8 Å². The van der Waals surface area contributed by atoms with Crippen LogP contribution in [0.4, 0.5) is 11.5 Å². The molecule has 1 aliphatic rings. The van der Waals surface area contributed by atoms with E-state index >= 15 is 0 Å². The van der Waals surface area contributed by atoms with Gasteiger partial charge in [0.2, 0.25) is 0 Å². The van der Waals surface area contributed by atoms with Crippen molar-refractivity contribution in [3.05, 3.63) is 47.1 Å². The van der Waals surface area contributed by atoms with Crippen LogP contribution in [0.1, 0.15) is 23.2 Å². The summed E-state index contributed by atoms with van der Waals surface area (Å²) < 4.78 is 5.24. The molecule has 2 aromatic rings. The Hall–Kier alpha value is -2.27. The predicted octanol–water partition coefficient (Wildman–Crippen LogP) is 3.57. The van der Waals surface area contributed by atoms with Crippen molar-refractivity contribution in [1.29, 1.82) is 0 Å². The minimum atomic E-state index is -0.253. The summed E-state index contributed by atoms with van der Waals surface area (Å²) in [5, 5.41) is 6.61. The lowest BCUT2D eigenvalue weighted by molar-refractivity contribution is 0.102.